The summed E-state index contributed by atoms with van der Waals surface area (Å²) in [5.41, 5.74) is 0.908. The van der Waals surface area contributed by atoms with Gasteiger partial charge in [-0.1, -0.05) is 30.3 Å². The first-order valence-electron chi connectivity index (χ1n) is 8.46. The van der Waals surface area contributed by atoms with Crippen LogP contribution in [0, 0.1) is 5.82 Å². The molecular weight excluding hydrogens is 431 g/mol. The summed E-state index contributed by atoms with van der Waals surface area (Å²) in [6.07, 6.45) is 2.44. The number of carbonyl (C=O) groups is 2. The van der Waals surface area contributed by atoms with Gasteiger partial charge in [0.15, 0.2) is 0 Å². The van der Waals surface area contributed by atoms with Crippen molar-refractivity contribution in [3.05, 3.63) is 69.9 Å². The van der Waals surface area contributed by atoms with E-state index in [9.17, 15) is 14.0 Å². The van der Waals surface area contributed by atoms with E-state index in [1.165, 1.54) is 11.0 Å². The zero-order valence-electron chi connectivity index (χ0n) is 15.2. The molecule has 2 rings (SSSR count). The Morgan fingerprint density at radius 3 is 2.52 bits per heavy atom. The molecule has 0 radical (unpaired) electrons. The number of nitrogens with one attached hydrogen (secondary N) is 1. The molecule has 0 aliphatic heterocycles. The molecule has 2 aromatic carbocycles. The van der Waals surface area contributed by atoms with E-state index >= 15 is 0 Å². The van der Waals surface area contributed by atoms with Crippen LogP contribution in [0.5, 0.6) is 0 Å². The largest absolute Gasteiger partial charge is 0.340 e. The molecule has 0 saturated heterocycles. The maximum atomic E-state index is 13.9. The predicted molar refractivity (Wildman–Crippen MR) is 111 cm³/mol. The van der Waals surface area contributed by atoms with Gasteiger partial charge in [0.05, 0.1) is 5.56 Å². The molecule has 2 aromatic rings. The Balaban J connectivity index is 2.12. The average Bonchev–Trinajstić information content (AvgIpc) is 2.66. The van der Waals surface area contributed by atoms with E-state index in [4.69, 9.17) is 0 Å². The number of rotatable bonds is 8. The monoisotopic (exact) mass is 452 g/mol. The number of likely N-dealkylation sites (N-methyl/N-ethyl adjacent to an activating group) is 1. The Morgan fingerprint density at radius 1 is 1.19 bits per heavy atom. The van der Waals surface area contributed by atoms with Gasteiger partial charge in [-0.25, -0.2) is 4.39 Å². The van der Waals surface area contributed by atoms with E-state index in [1.807, 2.05) is 12.3 Å². The number of benzene rings is 2. The molecule has 0 bridgehead atoms. The van der Waals surface area contributed by atoms with Crippen molar-refractivity contribution in [1.82, 2.24) is 10.2 Å². The van der Waals surface area contributed by atoms with Crippen LogP contribution in [0.4, 0.5) is 4.39 Å². The van der Waals surface area contributed by atoms with Gasteiger partial charge in [-0.3, -0.25) is 9.59 Å². The summed E-state index contributed by atoms with van der Waals surface area (Å²) in [6, 6.07) is 12.7. The van der Waals surface area contributed by atoms with Crippen molar-refractivity contribution in [2.45, 2.75) is 19.0 Å². The molecule has 1 unspecified atom stereocenters. The first kappa shape index (κ1) is 21.4. The van der Waals surface area contributed by atoms with Crippen LogP contribution >= 0.6 is 27.7 Å². The van der Waals surface area contributed by atoms with Crippen molar-refractivity contribution >= 4 is 39.5 Å². The lowest BCUT2D eigenvalue weighted by Crippen LogP contribution is -2.47. The number of amides is 2. The molecular formula is C20H22BrFN2O2S. The molecule has 27 heavy (non-hydrogen) atoms. The quantitative estimate of drug-likeness (QED) is 0.655. The minimum Gasteiger partial charge on any atom is -0.340 e. The van der Waals surface area contributed by atoms with Crippen molar-refractivity contribution in [3.8, 4) is 0 Å². The Kier molecular flexibility index (Phi) is 8.31. The zero-order chi connectivity index (χ0) is 19.8. The third kappa shape index (κ3) is 6.07. The zero-order valence-corrected chi connectivity index (χ0v) is 17.6. The van der Waals surface area contributed by atoms with Crippen molar-refractivity contribution in [1.29, 1.82) is 0 Å². The second kappa shape index (κ2) is 10.5. The Hall–Kier alpha value is -1.86. The number of thioether (sulfide) groups is 1. The van der Waals surface area contributed by atoms with Gasteiger partial charge in [0, 0.05) is 23.6 Å². The molecule has 0 spiro atoms. The minimum atomic E-state index is -0.672. The van der Waals surface area contributed by atoms with Crippen molar-refractivity contribution in [2.75, 3.05) is 19.1 Å². The van der Waals surface area contributed by atoms with Crippen LogP contribution in [-0.4, -0.2) is 41.8 Å². The van der Waals surface area contributed by atoms with Gasteiger partial charge in [0.25, 0.3) is 5.91 Å². The van der Waals surface area contributed by atoms with E-state index in [1.54, 1.807) is 55.2 Å². The lowest BCUT2D eigenvalue weighted by atomic mass is 10.1. The molecule has 4 nitrogen and oxygen atoms in total. The summed E-state index contributed by atoms with van der Waals surface area (Å²) in [6.45, 7) is 0.145. The fourth-order valence-electron chi connectivity index (χ4n) is 2.60. The molecule has 0 aromatic heterocycles. The van der Waals surface area contributed by atoms with Gasteiger partial charge in [-0.2, -0.15) is 11.8 Å². The summed E-state index contributed by atoms with van der Waals surface area (Å²) in [7, 11) is 1.62. The van der Waals surface area contributed by atoms with Crippen LogP contribution in [0.2, 0.25) is 0 Å². The van der Waals surface area contributed by atoms with Crippen LogP contribution in [0.1, 0.15) is 22.3 Å². The Labute approximate surface area is 171 Å². The van der Waals surface area contributed by atoms with Gasteiger partial charge in [0.1, 0.15) is 11.9 Å². The molecule has 0 aliphatic carbocycles. The standard InChI is InChI=1S/C20H22BrFN2O2S/c1-24(13-14-7-3-6-10-17(14)22)20(26)18(11-12-27-2)23-19(25)15-8-4-5-9-16(15)21/h3-10,18H,11-13H2,1-2H3,(H,23,25). The molecule has 144 valence electrons. The number of halogens is 2. The van der Waals surface area contributed by atoms with Crippen LogP contribution in [0.15, 0.2) is 53.0 Å². The van der Waals surface area contributed by atoms with Crippen molar-refractivity contribution in [2.24, 2.45) is 0 Å². The molecule has 0 saturated carbocycles. The van der Waals surface area contributed by atoms with Gasteiger partial charge in [-0.05, 0) is 52.6 Å². The van der Waals surface area contributed by atoms with Crippen molar-refractivity contribution < 1.29 is 14.0 Å². The number of hydrogen-bond acceptors (Lipinski definition) is 3. The number of hydrogen-bond donors (Lipinski definition) is 1. The van der Waals surface area contributed by atoms with Crippen LogP contribution in [0.3, 0.4) is 0 Å². The van der Waals surface area contributed by atoms with E-state index < -0.39 is 6.04 Å². The number of nitrogens with zero attached hydrogens (tertiary/aromatic N) is 1. The highest BCUT2D eigenvalue weighted by Crippen LogP contribution is 2.17. The third-order valence-corrected chi connectivity index (χ3v) is 5.41. The summed E-state index contributed by atoms with van der Waals surface area (Å²) < 4.78 is 14.5. The maximum Gasteiger partial charge on any atom is 0.253 e. The van der Waals surface area contributed by atoms with Crippen LogP contribution < -0.4 is 5.32 Å². The SMILES string of the molecule is CSCCC(NC(=O)c1ccccc1Br)C(=O)N(C)Cc1ccccc1F. The van der Waals surface area contributed by atoms with Crippen LogP contribution in [0.25, 0.3) is 0 Å². The highest BCUT2D eigenvalue weighted by atomic mass is 79.9. The first-order chi connectivity index (χ1) is 12.9. The average molecular weight is 453 g/mol. The van der Waals surface area contributed by atoms with Gasteiger partial charge < -0.3 is 10.2 Å². The maximum absolute atomic E-state index is 13.9. The lowest BCUT2D eigenvalue weighted by Gasteiger charge is -2.25. The van der Waals surface area contributed by atoms with Gasteiger partial charge >= 0.3 is 0 Å². The topological polar surface area (TPSA) is 49.4 Å². The molecule has 0 aliphatic rings. The predicted octanol–water partition coefficient (Wildman–Crippen LogP) is 4.10. The van der Waals surface area contributed by atoms with E-state index in [0.29, 0.717) is 22.0 Å². The highest BCUT2D eigenvalue weighted by molar-refractivity contribution is 9.10. The number of carbonyl (C=O) groups excluding carboxylic acids is 2. The van der Waals surface area contributed by atoms with Gasteiger partial charge in [0.2, 0.25) is 5.91 Å². The van der Waals surface area contributed by atoms with Crippen LogP contribution in [-0.2, 0) is 11.3 Å². The van der Waals surface area contributed by atoms with Crippen molar-refractivity contribution in [3.63, 3.8) is 0 Å². The summed E-state index contributed by atoms with van der Waals surface area (Å²) in [5, 5.41) is 2.82. The summed E-state index contributed by atoms with van der Waals surface area (Å²) >= 11 is 4.96. The fourth-order valence-corrected chi connectivity index (χ4v) is 3.54. The summed E-state index contributed by atoms with van der Waals surface area (Å²) in [5.74, 6) is -0.191. The normalized spacial score (nSPS) is 11.7. The first-order valence-corrected chi connectivity index (χ1v) is 10.7. The molecule has 2 amide bonds. The van der Waals surface area contributed by atoms with E-state index in [0.717, 1.165) is 5.75 Å². The second-order valence-electron chi connectivity index (χ2n) is 6.07. The highest BCUT2D eigenvalue weighted by Gasteiger charge is 2.25. The minimum absolute atomic E-state index is 0.145. The fraction of sp³-hybridized carbons (Fsp3) is 0.300. The molecule has 1 N–H and O–H groups in total. The smallest absolute Gasteiger partial charge is 0.253 e. The Morgan fingerprint density at radius 2 is 1.85 bits per heavy atom. The van der Waals surface area contributed by atoms with E-state index in [2.05, 4.69) is 21.2 Å². The molecule has 1 atom stereocenters. The van der Waals surface area contributed by atoms with E-state index in [-0.39, 0.29) is 24.2 Å². The van der Waals surface area contributed by atoms with Gasteiger partial charge in [-0.15, -0.1) is 0 Å². The lowest BCUT2D eigenvalue weighted by molar-refractivity contribution is -0.132. The third-order valence-electron chi connectivity index (χ3n) is 4.07. The summed E-state index contributed by atoms with van der Waals surface area (Å²) in [4.78, 5) is 26.9. The molecule has 0 heterocycles. The second-order valence-corrected chi connectivity index (χ2v) is 7.91. The Bertz CT molecular complexity index is 803. The molecule has 0 fully saturated rings. The molecule has 7 heteroatoms.